The van der Waals surface area contributed by atoms with Crippen LogP contribution >= 0.6 is 0 Å². The summed E-state index contributed by atoms with van der Waals surface area (Å²) in [5.41, 5.74) is 1.60. The summed E-state index contributed by atoms with van der Waals surface area (Å²) in [5, 5.41) is 0. The Kier molecular flexibility index (Phi) is 3.73. The first kappa shape index (κ1) is 12.4. The molecule has 2 aromatic carbocycles. The fraction of sp³-hybridized carbons (Fsp3) is 0.125. The lowest BCUT2D eigenvalue weighted by molar-refractivity contribution is 0.218. The van der Waals surface area contributed by atoms with Crippen molar-refractivity contribution in [3.05, 3.63) is 60.9 Å². The molecule has 0 aliphatic heterocycles. The van der Waals surface area contributed by atoms with Gasteiger partial charge in [-0.2, -0.15) is 0 Å². The molecule has 4 heteroatoms. The first-order chi connectivity index (χ1) is 9.93. The number of nitrogens with zero attached hydrogens (tertiary/aromatic N) is 2. The Morgan fingerprint density at radius 2 is 1.55 bits per heavy atom. The molecule has 0 aliphatic rings. The van der Waals surface area contributed by atoms with Crippen molar-refractivity contribution >= 4 is 11.0 Å². The van der Waals surface area contributed by atoms with Gasteiger partial charge < -0.3 is 9.47 Å². The van der Waals surface area contributed by atoms with Crippen LogP contribution in [0.5, 0.6) is 11.5 Å². The Hall–Kier alpha value is -2.62. The molecule has 4 nitrogen and oxygen atoms in total. The molecular weight excluding hydrogens is 252 g/mol. The second-order valence-corrected chi connectivity index (χ2v) is 4.19. The van der Waals surface area contributed by atoms with Gasteiger partial charge in [0.2, 0.25) is 0 Å². The summed E-state index contributed by atoms with van der Waals surface area (Å²) in [6.45, 7) is 0.950. The molecule has 0 bridgehead atoms. The number of aromatic nitrogens is 2. The van der Waals surface area contributed by atoms with Crippen LogP contribution in [0.4, 0.5) is 0 Å². The van der Waals surface area contributed by atoms with Gasteiger partial charge in [0.05, 0.1) is 5.52 Å². The molecule has 3 aromatic rings. The third-order valence-electron chi connectivity index (χ3n) is 2.81. The van der Waals surface area contributed by atoms with Crippen molar-refractivity contribution in [2.75, 3.05) is 13.2 Å². The molecule has 0 atom stereocenters. The Balaban J connectivity index is 1.60. The largest absolute Gasteiger partial charge is 0.490 e. The third-order valence-corrected chi connectivity index (χ3v) is 2.81. The second kappa shape index (κ2) is 6.02. The highest BCUT2D eigenvalue weighted by Crippen LogP contribution is 2.21. The maximum absolute atomic E-state index is 5.71. The van der Waals surface area contributed by atoms with Crippen LogP contribution in [0.3, 0.4) is 0 Å². The van der Waals surface area contributed by atoms with Crippen molar-refractivity contribution in [3.8, 4) is 11.5 Å². The number of hydrogen-bond donors (Lipinski definition) is 0. The average Bonchev–Trinajstić information content (AvgIpc) is 2.53. The zero-order chi connectivity index (χ0) is 13.6. The van der Waals surface area contributed by atoms with Gasteiger partial charge in [0.1, 0.15) is 30.2 Å². The molecule has 0 N–H and O–H groups in total. The van der Waals surface area contributed by atoms with E-state index in [0.717, 1.165) is 22.5 Å². The Labute approximate surface area is 117 Å². The van der Waals surface area contributed by atoms with Crippen LogP contribution < -0.4 is 9.47 Å². The number of rotatable bonds is 5. The molecule has 3 rings (SSSR count). The molecule has 0 saturated heterocycles. The molecular formula is C16H14N2O2. The second-order valence-electron chi connectivity index (χ2n) is 4.19. The van der Waals surface area contributed by atoms with E-state index < -0.39 is 0 Å². The predicted molar refractivity (Wildman–Crippen MR) is 77.0 cm³/mol. The normalized spacial score (nSPS) is 10.4. The van der Waals surface area contributed by atoms with Crippen LogP contribution in [-0.2, 0) is 0 Å². The smallest absolute Gasteiger partial charge is 0.147 e. The number of hydrogen-bond acceptors (Lipinski definition) is 4. The zero-order valence-electron chi connectivity index (χ0n) is 10.9. The minimum absolute atomic E-state index is 0.463. The molecule has 0 unspecified atom stereocenters. The van der Waals surface area contributed by atoms with E-state index in [-0.39, 0.29) is 0 Å². The topological polar surface area (TPSA) is 44.2 Å². The van der Waals surface area contributed by atoms with E-state index in [1.165, 1.54) is 0 Å². The van der Waals surface area contributed by atoms with Crippen LogP contribution in [0.1, 0.15) is 0 Å². The van der Waals surface area contributed by atoms with Crippen LogP contribution in [0.25, 0.3) is 11.0 Å². The van der Waals surface area contributed by atoms with Crippen molar-refractivity contribution in [1.29, 1.82) is 0 Å². The average molecular weight is 266 g/mol. The van der Waals surface area contributed by atoms with Crippen LogP contribution in [-0.4, -0.2) is 23.2 Å². The van der Waals surface area contributed by atoms with E-state index in [0.29, 0.717) is 13.2 Å². The van der Waals surface area contributed by atoms with E-state index in [9.17, 15) is 0 Å². The van der Waals surface area contributed by atoms with Gasteiger partial charge in [-0.1, -0.05) is 24.3 Å². The van der Waals surface area contributed by atoms with E-state index >= 15 is 0 Å². The predicted octanol–water partition coefficient (Wildman–Crippen LogP) is 3.09. The summed E-state index contributed by atoms with van der Waals surface area (Å²) >= 11 is 0. The minimum Gasteiger partial charge on any atom is -0.490 e. The lowest BCUT2D eigenvalue weighted by Gasteiger charge is -2.09. The molecule has 20 heavy (non-hydrogen) atoms. The van der Waals surface area contributed by atoms with Gasteiger partial charge >= 0.3 is 0 Å². The Bertz CT molecular complexity index is 681. The molecule has 1 heterocycles. The Morgan fingerprint density at radius 1 is 0.750 bits per heavy atom. The summed E-state index contributed by atoms with van der Waals surface area (Å²) < 4.78 is 11.3. The summed E-state index contributed by atoms with van der Waals surface area (Å²) in [5.74, 6) is 1.57. The van der Waals surface area contributed by atoms with Crippen molar-refractivity contribution in [1.82, 2.24) is 9.97 Å². The minimum atomic E-state index is 0.463. The maximum Gasteiger partial charge on any atom is 0.147 e. The monoisotopic (exact) mass is 266 g/mol. The van der Waals surface area contributed by atoms with Crippen molar-refractivity contribution < 1.29 is 9.47 Å². The molecule has 0 saturated carbocycles. The molecule has 0 aliphatic carbocycles. The Morgan fingerprint density at radius 3 is 2.45 bits per heavy atom. The number of fused-ring (bicyclic) bond motifs is 1. The maximum atomic E-state index is 5.71. The lowest BCUT2D eigenvalue weighted by atomic mass is 10.3. The highest BCUT2D eigenvalue weighted by Gasteiger charge is 2.03. The number of para-hydroxylation sites is 2. The molecule has 0 amide bonds. The van der Waals surface area contributed by atoms with Gasteiger partial charge in [-0.25, -0.2) is 4.98 Å². The van der Waals surface area contributed by atoms with Gasteiger partial charge in [-0.15, -0.1) is 0 Å². The zero-order valence-corrected chi connectivity index (χ0v) is 10.9. The van der Waals surface area contributed by atoms with Gasteiger partial charge in [-0.3, -0.25) is 4.98 Å². The molecule has 0 fully saturated rings. The SMILES string of the molecule is c1ccc(OCCOc2cccc3nccnc23)cc1. The first-order valence-electron chi connectivity index (χ1n) is 6.44. The van der Waals surface area contributed by atoms with Gasteiger partial charge in [0, 0.05) is 12.4 Å². The highest BCUT2D eigenvalue weighted by molar-refractivity contribution is 5.80. The van der Waals surface area contributed by atoms with Gasteiger partial charge in [0.15, 0.2) is 0 Å². The summed E-state index contributed by atoms with van der Waals surface area (Å²) in [7, 11) is 0. The van der Waals surface area contributed by atoms with Crippen LogP contribution in [0.2, 0.25) is 0 Å². The van der Waals surface area contributed by atoms with Crippen LogP contribution in [0.15, 0.2) is 60.9 Å². The van der Waals surface area contributed by atoms with Gasteiger partial charge in [0.25, 0.3) is 0 Å². The summed E-state index contributed by atoms with van der Waals surface area (Å²) in [6, 6.07) is 15.4. The highest BCUT2D eigenvalue weighted by atomic mass is 16.5. The van der Waals surface area contributed by atoms with Crippen LogP contribution in [0, 0.1) is 0 Å². The molecule has 0 spiro atoms. The number of benzene rings is 2. The van der Waals surface area contributed by atoms with Crippen molar-refractivity contribution in [2.45, 2.75) is 0 Å². The first-order valence-corrected chi connectivity index (χ1v) is 6.44. The standard InChI is InChI=1S/C16H14N2O2/c1-2-5-13(6-3-1)19-11-12-20-15-8-4-7-14-16(15)18-10-9-17-14/h1-10H,11-12H2. The fourth-order valence-electron chi connectivity index (χ4n) is 1.91. The van der Waals surface area contributed by atoms with E-state index in [2.05, 4.69) is 9.97 Å². The summed E-state index contributed by atoms with van der Waals surface area (Å²) in [6.07, 6.45) is 3.33. The third kappa shape index (κ3) is 2.85. The molecule has 1 aromatic heterocycles. The molecule has 0 radical (unpaired) electrons. The summed E-state index contributed by atoms with van der Waals surface area (Å²) in [4.78, 5) is 8.53. The van der Waals surface area contributed by atoms with E-state index in [1.807, 2.05) is 48.5 Å². The molecule has 100 valence electrons. The number of ether oxygens (including phenoxy) is 2. The fourth-order valence-corrected chi connectivity index (χ4v) is 1.91. The van der Waals surface area contributed by atoms with Crippen molar-refractivity contribution in [2.24, 2.45) is 0 Å². The van der Waals surface area contributed by atoms with E-state index in [4.69, 9.17) is 9.47 Å². The van der Waals surface area contributed by atoms with E-state index in [1.54, 1.807) is 12.4 Å². The lowest BCUT2D eigenvalue weighted by Crippen LogP contribution is -2.09. The van der Waals surface area contributed by atoms with Crippen molar-refractivity contribution in [3.63, 3.8) is 0 Å². The van der Waals surface area contributed by atoms with Gasteiger partial charge in [-0.05, 0) is 24.3 Å². The quantitative estimate of drug-likeness (QED) is 0.666.